The maximum Gasteiger partial charge on any atom is 0.692 e. The largest absolute Gasteiger partial charge is 0.692 e. The van der Waals surface area contributed by atoms with Crippen molar-refractivity contribution in [2.75, 3.05) is 0 Å². The van der Waals surface area contributed by atoms with Crippen LogP contribution >= 0.6 is 16.5 Å². The van der Waals surface area contributed by atoms with Crippen molar-refractivity contribution >= 4 is 62.9 Å². The van der Waals surface area contributed by atoms with Gasteiger partial charge in [-0.25, -0.2) is 9.97 Å². The minimum atomic E-state index is -2.87. The lowest BCUT2D eigenvalue weighted by Crippen LogP contribution is -1.77. The van der Waals surface area contributed by atoms with Crippen LogP contribution in [0, 0.1) is 0 Å². The van der Waals surface area contributed by atoms with E-state index in [1.54, 1.807) is 0 Å². The summed E-state index contributed by atoms with van der Waals surface area (Å²) in [4.78, 5) is 44.5. The predicted octanol–water partition coefficient (Wildman–Crippen LogP) is 3.91. The van der Waals surface area contributed by atoms with E-state index in [9.17, 15) is 0 Å². The average Bonchev–Trinajstić information content (AvgIpc) is 3.46. The molecule has 0 saturated heterocycles. The number of hydrogen-bond acceptors (Lipinski definition) is 4. The number of rotatable bonds is 0. The van der Waals surface area contributed by atoms with Gasteiger partial charge in [0.2, 0.25) is 0 Å². The molecule has 3 aromatic rings. The Morgan fingerprint density at radius 2 is 0.812 bits per heavy atom. The van der Waals surface area contributed by atoms with E-state index in [2.05, 4.69) is 50.3 Å². The van der Waals surface area contributed by atoms with Crippen molar-refractivity contribution in [1.29, 1.82) is 0 Å². The number of nitrogens with zero attached hydrogens (tertiary/aromatic N) is 2. The molecule has 5 rings (SSSR count). The van der Waals surface area contributed by atoms with Gasteiger partial charge >= 0.3 is 16.5 Å². The van der Waals surface area contributed by atoms with Crippen LogP contribution in [-0.4, -0.2) is 39.5 Å². The predicted molar refractivity (Wildman–Crippen MR) is 123 cm³/mol. The van der Waals surface area contributed by atoms with Crippen LogP contribution in [0.15, 0.2) is 48.5 Å². The van der Waals surface area contributed by atoms with Crippen molar-refractivity contribution in [3.63, 3.8) is 0 Å². The molecule has 0 fully saturated rings. The molecule has 0 spiro atoms. The lowest BCUT2D eigenvalue weighted by molar-refractivity contribution is 0.403. The Balaban J connectivity index is 0.000000316. The van der Waals surface area contributed by atoms with Crippen molar-refractivity contribution in [2.45, 2.75) is 0 Å². The number of fused-ring (bicyclic) bond motifs is 8. The fourth-order valence-corrected chi connectivity index (χ4v) is 2.94. The minimum Gasteiger partial charge on any atom is -0.355 e. The van der Waals surface area contributed by atoms with Gasteiger partial charge in [-0.15, -0.1) is 19.6 Å². The molecule has 8 bridgehead atoms. The Labute approximate surface area is 183 Å². The van der Waals surface area contributed by atoms with Gasteiger partial charge in [-0.05, 0) is 72.8 Å². The molecule has 2 aliphatic heterocycles. The van der Waals surface area contributed by atoms with Crippen LogP contribution in [0.25, 0.3) is 46.4 Å². The number of aromatic nitrogens is 4. The molecule has 2 aliphatic rings. The fraction of sp³-hybridized carbons (Fsp3) is 0. The normalized spacial score (nSPS) is 11.1. The molecule has 0 aliphatic carbocycles. The van der Waals surface area contributed by atoms with E-state index < -0.39 is 16.5 Å². The van der Waals surface area contributed by atoms with Crippen LogP contribution < -0.4 is 0 Å². The summed E-state index contributed by atoms with van der Waals surface area (Å²) in [5, 5.41) is 0. The molecule has 12 heteroatoms. The Morgan fingerprint density at radius 3 is 1.16 bits per heavy atom. The lowest BCUT2D eigenvalue weighted by atomic mass is 10.3. The Morgan fingerprint density at radius 1 is 0.531 bits per heavy atom. The number of aromatic amines is 2. The van der Waals surface area contributed by atoms with Gasteiger partial charge in [0.05, 0.1) is 22.8 Å². The molecule has 0 atom stereocenters. The van der Waals surface area contributed by atoms with Crippen LogP contribution in [0.3, 0.4) is 0 Å². The Bertz CT molecular complexity index is 1270. The van der Waals surface area contributed by atoms with Gasteiger partial charge in [0.1, 0.15) is 0 Å². The van der Waals surface area contributed by atoms with E-state index in [1.165, 1.54) is 0 Å². The zero-order valence-corrected chi connectivity index (χ0v) is 18.1. The highest BCUT2D eigenvalue weighted by Gasteiger charge is 2.02. The quantitative estimate of drug-likeness (QED) is 0.184. The Hall–Kier alpha value is -3.36. The Kier molecular flexibility index (Phi) is 7.86. The molecule has 0 saturated carbocycles. The second-order valence-electron chi connectivity index (χ2n) is 6.41. The SMILES string of the molecule is C1=Cc2cc3ccc(cc4ccc(cc5nc(cc1n2)C=C5)[nH]4)[nH]3.O=[P+](O)O.O=[P+](O)O. The second-order valence-corrected chi connectivity index (χ2v) is 7.42. The first-order valence-electron chi connectivity index (χ1n) is 9.01. The van der Waals surface area contributed by atoms with Crippen molar-refractivity contribution in [1.82, 2.24) is 19.9 Å². The molecule has 10 nitrogen and oxygen atoms in total. The third kappa shape index (κ3) is 7.40. The molecule has 5 heterocycles. The molecule has 162 valence electrons. The molecular weight excluding hydrogens is 454 g/mol. The summed E-state index contributed by atoms with van der Waals surface area (Å²) in [6.45, 7) is 0. The maximum absolute atomic E-state index is 8.70. The van der Waals surface area contributed by atoms with Gasteiger partial charge in [0.25, 0.3) is 0 Å². The summed E-state index contributed by atoms with van der Waals surface area (Å²) in [5.41, 5.74) is 7.86. The summed E-state index contributed by atoms with van der Waals surface area (Å²) >= 11 is 0. The van der Waals surface area contributed by atoms with Crippen LogP contribution in [0.2, 0.25) is 0 Å². The van der Waals surface area contributed by atoms with Crippen LogP contribution in [-0.2, 0) is 9.13 Å². The van der Waals surface area contributed by atoms with Crippen LogP contribution in [0.4, 0.5) is 0 Å². The highest BCUT2D eigenvalue weighted by atomic mass is 31.1. The van der Waals surface area contributed by atoms with Gasteiger partial charge in [0, 0.05) is 31.2 Å². The number of H-pyrrole nitrogens is 2. The molecule has 32 heavy (non-hydrogen) atoms. The van der Waals surface area contributed by atoms with E-state index >= 15 is 0 Å². The van der Waals surface area contributed by atoms with Gasteiger partial charge in [-0.2, -0.15) is 0 Å². The summed E-state index contributed by atoms with van der Waals surface area (Å²) < 4.78 is 17.4. The highest BCUT2D eigenvalue weighted by Crippen LogP contribution is 2.17. The minimum absolute atomic E-state index is 0.915. The zero-order valence-electron chi connectivity index (χ0n) is 16.3. The molecule has 0 radical (unpaired) electrons. The first-order chi connectivity index (χ1) is 15.3. The third-order valence-electron chi connectivity index (χ3n) is 4.04. The number of hydrogen-bond donors (Lipinski definition) is 6. The summed E-state index contributed by atoms with van der Waals surface area (Å²) in [6.07, 6.45) is 8.05. The molecule has 0 amide bonds. The highest BCUT2D eigenvalue weighted by molar-refractivity contribution is 7.31. The molecule has 0 unspecified atom stereocenters. The topological polar surface area (TPSA) is 172 Å². The van der Waals surface area contributed by atoms with Crippen molar-refractivity contribution in [2.24, 2.45) is 0 Å². The van der Waals surface area contributed by atoms with Gasteiger partial charge in [0.15, 0.2) is 0 Å². The fourth-order valence-electron chi connectivity index (χ4n) is 2.94. The van der Waals surface area contributed by atoms with E-state index in [0.29, 0.717) is 0 Å². The van der Waals surface area contributed by atoms with E-state index in [1.807, 2.05) is 42.5 Å². The van der Waals surface area contributed by atoms with Crippen LogP contribution in [0.1, 0.15) is 22.8 Å². The third-order valence-corrected chi connectivity index (χ3v) is 4.04. The van der Waals surface area contributed by atoms with Gasteiger partial charge in [-0.1, -0.05) is 0 Å². The molecular formula is C20H18N4O6P2+2. The van der Waals surface area contributed by atoms with Crippen molar-refractivity contribution < 1.29 is 28.7 Å². The van der Waals surface area contributed by atoms with E-state index in [4.69, 9.17) is 28.7 Å². The smallest absolute Gasteiger partial charge is 0.355 e. The first kappa shape index (κ1) is 23.3. The standard InChI is InChI=1S/C20H14N4.2HO3P/c1-2-14-10-16-5-6-18(23-16)12-20-8-7-19(24-20)11-17-4-3-15(22-17)9-13(1)21-14;2*1-4(2)3/h1-12,21-22H;2*(H-,1,2,3)/p+2. The van der Waals surface area contributed by atoms with E-state index in [-0.39, 0.29) is 0 Å². The van der Waals surface area contributed by atoms with Crippen LogP contribution in [0.5, 0.6) is 0 Å². The summed E-state index contributed by atoms with van der Waals surface area (Å²) in [6, 6.07) is 16.4. The van der Waals surface area contributed by atoms with E-state index in [0.717, 1.165) is 44.8 Å². The molecule has 6 N–H and O–H groups in total. The zero-order chi connectivity index (χ0) is 23.1. The van der Waals surface area contributed by atoms with Crippen molar-refractivity contribution in [3.8, 4) is 0 Å². The number of nitrogens with one attached hydrogen (secondary N) is 2. The maximum atomic E-state index is 8.70. The average molecular weight is 472 g/mol. The monoisotopic (exact) mass is 472 g/mol. The van der Waals surface area contributed by atoms with Crippen molar-refractivity contribution in [3.05, 3.63) is 71.3 Å². The second kappa shape index (κ2) is 10.8. The van der Waals surface area contributed by atoms with Gasteiger partial charge < -0.3 is 9.97 Å². The van der Waals surface area contributed by atoms with Gasteiger partial charge in [-0.3, -0.25) is 0 Å². The summed E-state index contributed by atoms with van der Waals surface area (Å²) in [7, 11) is -5.74. The molecule has 3 aromatic heterocycles. The summed E-state index contributed by atoms with van der Waals surface area (Å²) in [5.74, 6) is 0. The lowest BCUT2D eigenvalue weighted by Gasteiger charge is -1.86. The first-order valence-corrected chi connectivity index (χ1v) is 11.3. The molecule has 0 aromatic carbocycles.